The van der Waals surface area contributed by atoms with Crippen molar-refractivity contribution in [2.45, 2.75) is 52.1 Å². The van der Waals surface area contributed by atoms with Crippen molar-refractivity contribution in [3.63, 3.8) is 0 Å². The summed E-state index contributed by atoms with van der Waals surface area (Å²) in [6, 6.07) is 11.5. The predicted molar refractivity (Wildman–Crippen MR) is 86.8 cm³/mol. The summed E-state index contributed by atoms with van der Waals surface area (Å²) in [5.74, 6) is 0.850. The Morgan fingerprint density at radius 3 is 2.75 bits per heavy atom. The van der Waals surface area contributed by atoms with Crippen molar-refractivity contribution in [2.24, 2.45) is 5.92 Å². The highest BCUT2D eigenvalue weighted by Gasteiger charge is 2.21. The van der Waals surface area contributed by atoms with Crippen LogP contribution in [0.4, 0.5) is 0 Å². The summed E-state index contributed by atoms with van der Waals surface area (Å²) in [6.07, 6.45) is 5.36. The van der Waals surface area contributed by atoms with E-state index in [4.69, 9.17) is 0 Å². The minimum atomic E-state index is 0.706. The van der Waals surface area contributed by atoms with Crippen LogP contribution in [-0.4, -0.2) is 30.6 Å². The number of nitrogens with zero attached hydrogens (tertiary/aromatic N) is 1. The molecule has 0 spiro atoms. The predicted octanol–water partition coefficient (Wildman–Crippen LogP) is 3.68. The van der Waals surface area contributed by atoms with E-state index in [0.717, 1.165) is 12.5 Å². The van der Waals surface area contributed by atoms with Gasteiger partial charge in [-0.25, -0.2) is 0 Å². The lowest BCUT2D eigenvalue weighted by Gasteiger charge is -2.17. The Morgan fingerprint density at radius 1 is 1.20 bits per heavy atom. The highest BCUT2D eigenvalue weighted by molar-refractivity contribution is 5.14. The van der Waals surface area contributed by atoms with Gasteiger partial charge in [-0.1, -0.05) is 57.0 Å². The number of hydrogen-bond acceptors (Lipinski definition) is 2. The molecule has 2 nitrogen and oxygen atoms in total. The van der Waals surface area contributed by atoms with Crippen molar-refractivity contribution in [3.05, 3.63) is 35.9 Å². The fraction of sp³-hybridized carbons (Fsp3) is 0.667. The van der Waals surface area contributed by atoms with Crippen LogP contribution in [-0.2, 0) is 6.54 Å². The van der Waals surface area contributed by atoms with Crippen molar-refractivity contribution in [3.8, 4) is 0 Å². The van der Waals surface area contributed by atoms with Gasteiger partial charge in [-0.15, -0.1) is 0 Å². The molecule has 1 aliphatic rings. The average Bonchev–Trinajstić information content (AvgIpc) is 2.87. The molecule has 0 aromatic heterocycles. The summed E-state index contributed by atoms with van der Waals surface area (Å²) in [5, 5.41) is 3.73. The molecule has 0 radical (unpaired) electrons. The van der Waals surface area contributed by atoms with Gasteiger partial charge in [0.15, 0.2) is 0 Å². The maximum absolute atomic E-state index is 3.73. The molecule has 1 aromatic rings. The van der Waals surface area contributed by atoms with Gasteiger partial charge in [-0.3, -0.25) is 4.90 Å². The van der Waals surface area contributed by atoms with Gasteiger partial charge in [0.1, 0.15) is 0 Å². The third kappa shape index (κ3) is 5.64. The van der Waals surface area contributed by atoms with E-state index in [9.17, 15) is 0 Å². The molecule has 1 saturated heterocycles. The minimum absolute atomic E-state index is 0.706. The molecule has 1 N–H and O–H groups in total. The lowest BCUT2D eigenvalue weighted by Crippen LogP contribution is -2.33. The smallest absolute Gasteiger partial charge is 0.0234 e. The Balaban J connectivity index is 1.58. The van der Waals surface area contributed by atoms with Crippen molar-refractivity contribution < 1.29 is 0 Å². The number of benzene rings is 1. The maximum Gasteiger partial charge on any atom is 0.0234 e. The maximum atomic E-state index is 3.73. The van der Waals surface area contributed by atoms with Crippen molar-refractivity contribution in [1.29, 1.82) is 0 Å². The first-order valence-corrected chi connectivity index (χ1v) is 8.23. The highest BCUT2D eigenvalue weighted by Crippen LogP contribution is 2.13. The Kier molecular flexibility index (Phi) is 6.55. The van der Waals surface area contributed by atoms with Gasteiger partial charge >= 0.3 is 0 Å². The van der Waals surface area contributed by atoms with Crippen LogP contribution < -0.4 is 5.32 Å². The van der Waals surface area contributed by atoms with Crippen LogP contribution in [0.25, 0.3) is 0 Å². The number of likely N-dealkylation sites (tertiary alicyclic amines) is 1. The molecular weight excluding hydrogens is 244 g/mol. The van der Waals surface area contributed by atoms with E-state index < -0.39 is 0 Å². The second-order valence-corrected chi connectivity index (χ2v) is 6.55. The van der Waals surface area contributed by atoms with Gasteiger partial charge in [0, 0.05) is 25.7 Å². The average molecular weight is 274 g/mol. The zero-order valence-electron chi connectivity index (χ0n) is 13.1. The van der Waals surface area contributed by atoms with Crippen molar-refractivity contribution >= 4 is 0 Å². The van der Waals surface area contributed by atoms with E-state index in [1.165, 1.54) is 50.9 Å². The summed E-state index contributed by atoms with van der Waals surface area (Å²) in [6.45, 7) is 9.36. The van der Waals surface area contributed by atoms with Crippen LogP contribution in [0.5, 0.6) is 0 Å². The molecule has 1 fully saturated rings. The highest BCUT2D eigenvalue weighted by atomic mass is 15.2. The molecule has 1 heterocycles. The molecule has 0 saturated carbocycles. The second-order valence-electron chi connectivity index (χ2n) is 6.55. The first-order valence-electron chi connectivity index (χ1n) is 8.23. The molecule has 1 atom stereocenters. The van der Waals surface area contributed by atoms with Gasteiger partial charge in [0.25, 0.3) is 0 Å². The Bertz CT molecular complexity index is 361. The van der Waals surface area contributed by atoms with Crippen molar-refractivity contribution in [2.75, 3.05) is 19.6 Å². The lowest BCUT2D eigenvalue weighted by molar-refractivity contribution is 0.319. The molecule has 20 heavy (non-hydrogen) atoms. The largest absolute Gasteiger partial charge is 0.313 e. The number of hydrogen-bond donors (Lipinski definition) is 1. The van der Waals surface area contributed by atoms with E-state index in [1.54, 1.807) is 0 Å². The Labute approximate surface area is 124 Å². The molecule has 2 rings (SSSR count). The van der Waals surface area contributed by atoms with Crippen LogP contribution in [0, 0.1) is 5.92 Å². The van der Waals surface area contributed by atoms with Crippen LogP contribution in [0.2, 0.25) is 0 Å². The van der Waals surface area contributed by atoms with Crippen LogP contribution in [0.3, 0.4) is 0 Å². The molecule has 1 aliphatic heterocycles. The number of nitrogens with one attached hydrogen (secondary N) is 1. The summed E-state index contributed by atoms with van der Waals surface area (Å²) in [4.78, 5) is 2.57. The fourth-order valence-corrected chi connectivity index (χ4v) is 2.97. The second kappa shape index (κ2) is 8.43. The van der Waals surface area contributed by atoms with Gasteiger partial charge in [0.05, 0.1) is 0 Å². The minimum Gasteiger partial charge on any atom is -0.313 e. The van der Waals surface area contributed by atoms with E-state index in [2.05, 4.69) is 54.4 Å². The normalized spacial score (nSPS) is 19.9. The summed E-state index contributed by atoms with van der Waals surface area (Å²) >= 11 is 0. The number of unbranched alkanes of at least 4 members (excludes halogenated alkanes) is 1. The molecule has 0 aliphatic carbocycles. The molecule has 112 valence electrons. The first-order chi connectivity index (χ1) is 9.74. The fourth-order valence-electron chi connectivity index (χ4n) is 2.97. The third-order valence-corrected chi connectivity index (χ3v) is 4.16. The van der Waals surface area contributed by atoms with Gasteiger partial charge in [-0.05, 0) is 30.9 Å². The molecule has 0 bridgehead atoms. The first kappa shape index (κ1) is 15.5. The Morgan fingerprint density at radius 2 is 2.00 bits per heavy atom. The molecular formula is C18H30N2. The van der Waals surface area contributed by atoms with E-state index in [0.29, 0.717) is 6.04 Å². The topological polar surface area (TPSA) is 15.3 Å². The van der Waals surface area contributed by atoms with Crippen LogP contribution >= 0.6 is 0 Å². The summed E-state index contributed by atoms with van der Waals surface area (Å²) in [5.41, 5.74) is 1.44. The van der Waals surface area contributed by atoms with E-state index in [-0.39, 0.29) is 0 Å². The van der Waals surface area contributed by atoms with Crippen LogP contribution in [0.15, 0.2) is 30.3 Å². The molecule has 1 unspecified atom stereocenters. The van der Waals surface area contributed by atoms with E-state index in [1.807, 2.05) is 0 Å². The van der Waals surface area contributed by atoms with Crippen molar-refractivity contribution in [1.82, 2.24) is 10.2 Å². The SMILES string of the molecule is CC(C)CCCCNC1CCN(Cc2ccccc2)C1. The van der Waals surface area contributed by atoms with Gasteiger partial charge < -0.3 is 5.32 Å². The summed E-state index contributed by atoms with van der Waals surface area (Å²) in [7, 11) is 0. The van der Waals surface area contributed by atoms with Crippen LogP contribution in [0.1, 0.15) is 45.1 Å². The summed E-state index contributed by atoms with van der Waals surface area (Å²) < 4.78 is 0. The van der Waals surface area contributed by atoms with Gasteiger partial charge in [-0.2, -0.15) is 0 Å². The Hall–Kier alpha value is -0.860. The molecule has 0 amide bonds. The monoisotopic (exact) mass is 274 g/mol. The third-order valence-electron chi connectivity index (χ3n) is 4.16. The standard InChI is InChI=1S/C18H30N2/c1-16(2)8-6-7-12-19-18-11-13-20(15-18)14-17-9-4-3-5-10-17/h3-5,9-10,16,18-19H,6-8,11-15H2,1-2H3. The van der Waals surface area contributed by atoms with Gasteiger partial charge in [0.2, 0.25) is 0 Å². The van der Waals surface area contributed by atoms with E-state index >= 15 is 0 Å². The number of rotatable bonds is 8. The quantitative estimate of drug-likeness (QED) is 0.728. The zero-order valence-corrected chi connectivity index (χ0v) is 13.1. The molecule has 2 heteroatoms. The molecule has 1 aromatic carbocycles. The lowest BCUT2D eigenvalue weighted by atomic mass is 10.1. The zero-order chi connectivity index (χ0) is 14.2.